The summed E-state index contributed by atoms with van der Waals surface area (Å²) in [6.07, 6.45) is 2.19. The van der Waals surface area contributed by atoms with Crippen LogP contribution >= 0.6 is 0 Å². The predicted octanol–water partition coefficient (Wildman–Crippen LogP) is 6.65. The van der Waals surface area contributed by atoms with Gasteiger partial charge in [-0.25, -0.2) is 9.59 Å². The zero-order valence-corrected chi connectivity index (χ0v) is 24.3. The Morgan fingerprint density at radius 2 is 1.23 bits per heavy atom. The fourth-order valence-electron chi connectivity index (χ4n) is 6.10. The summed E-state index contributed by atoms with van der Waals surface area (Å²) in [6, 6.07) is 30.2. The first-order valence-corrected chi connectivity index (χ1v) is 13.8. The van der Waals surface area contributed by atoms with E-state index in [0.29, 0.717) is 12.1 Å². The average molecular weight is 538 g/mol. The molecule has 0 aromatic heterocycles. The molecule has 0 spiro atoms. The summed E-state index contributed by atoms with van der Waals surface area (Å²) in [6.45, 7) is 9.12. The Labute approximate surface area is 238 Å². The molecule has 5 nitrogen and oxygen atoms in total. The minimum atomic E-state index is -0.744. The number of benzene rings is 3. The van der Waals surface area contributed by atoms with Crippen LogP contribution in [0, 0.1) is 11.8 Å². The van der Waals surface area contributed by atoms with E-state index in [2.05, 4.69) is 62.9 Å². The fourth-order valence-corrected chi connectivity index (χ4v) is 6.10. The van der Waals surface area contributed by atoms with Gasteiger partial charge in [-0.2, -0.15) is 0 Å². The van der Waals surface area contributed by atoms with Crippen LogP contribution in [0.1, 0.15) is 44.4 Å². The summed E-state index contributed by atoms with van der Waals surface area (Å²) in [5, 5.41) is 0. The highest BCUT2D eigenvalue weighted by atomic mass is 16.5. The maximum absolute atomic E-state index is 13.8. The summed E-state index contributed by atoms with van der Waals surface area (Å²) < 4.78 is 10.8. The second-order valence-corrected chi connectivity index (χ2v) is 11.0. The largest absolute Gasteiger partial charge is 0.465 e. The number of hydrogen-bond acceptors (Lipinski definition) is 5. The third-order valence-electron chi connectivity index (χ3n) is 7.52. The average Bonchev–Trinajstić information content (AvgIpc) is 3.11. The third-order valence-corrected chi connectivity index (χ3v) is 7.52. The van der Waals surface area contributed by atoms with Gasteiger partial charge in [0, 0.05) is 12.6 Å². The van der Waals surface area contributed by atoms with Gasteiger partial charge in [-0.1, -0.05) is 125 Å². The van der Waals surface area contributed by atoms with Crippen LogP contribution in [0.4, 0.5) is 0 Å². The van der Waals surface area contributed by atoms with Crippen molar-refractivity contribution in [3.05, 3.63) is 125 Å². The first-order chi connectivity index (χ1) is 19.3. The summed E-state index contributed by atoms with van der Waals surface area (Å²) in [4.78, 5) is 29.7. The third kappa shape index (κ3) is 5.33. The van der Waals surface area contributed by atoms with Crippen LogP contribution in [0.2, 0.25) is 0 Å². The van der Waals surface area contributed by atoms with Crippen molar-refractivity contribution in [3.63, 3.8) is 0 Å². The van der Waals surface area contributed by atoms with E-state index in [1.807, 2.05) is 66.7 Å². The van der Waals surface area contributed by atoms with Crippen molar-refractivity contribution >= 4 is 17.5 Å². The maximum Gasteiger partial charge on any atom is 0.355 e. The van der Waals surface area contributed by atoms with Crippen LogP contribution in [-0.4, -0.2) is 43.6 Å². The quantitative estimate of drug-likeness (QED) is 0.301. The van der Waals surface area contributed by atoms with E-state index in [4.69, 9.17) is 9.47 Å². The Balaban J connectivity index is 2.29. The highest BCUT2D eigenvalue weighted by Gasteiger charge is 2.50. The second kappa shape index (κ2) is 12.4. The van der Waals surface area contributed by atoms with Crippen molar-refractivity contribution in [3.8, 4) is 0 Å². The van der Waals surface area contributed by atoms with Gasteiger partial charge in [-0.05, 0) is 34.1 Å². The van der Waals surface area contributed by atoms with Crippen LogP contribution in [0.5, 0.6) is 0 Å². The number of carbonyl (C=O) groups excluding carboxylic acids is 2. The van der Waals surface area contributed by atoms with Gasteiger partial charge in [0.1, 0.15) is 5.70 Å². The molecule has 1 unspecified atom stereocenters. The van der Waals surface area contributed by atoms with Gasteiger partial charge >= 0.3 is 11.9 Å². The summed E-state index contributed by atoms with van der Waals surface area (Å²) >= 11 is 0. The van der Waals surface area contributed by atoms with Gasteiger partial charge in [-0.15, -0.1) is 0 Å². The number of rotatable bonds is 8. The van der Waals surface area contributed by atoms with Gasteiger partial charge in [0.05, 0.1) is 25.2 Å². The molecule has 3 aromatic rings. The van der Waals surface area contributed by atoms with Gasteiger partial charge in [0.15, 0.2) is 0 Å². The van der Waals surface area contributed by atoms with Crippen LogP contribution < -0.4 is 0 Å². The minimum Gasteiger partial charge on any atom is -0.465 e. The molecule has 0 bridgehead atoms. The molecule has 0 saturated heterocycles. The van der Waals surface area contributed by atoms with E-state index in [-0.39, 0.29) is 29.1 Å². The van der Waals surface area contributed by atoms with Gasteiger partial charge in [0.25, 0.3) is 0 Å². The molecule has 0 fully saturated rings. The zero-order valence-electron chi connectivity index (χ0n) is 24.3. The Kier molecular flexibility index (Phi) is 8.93. The molecule has 5 heteroatoms. The molecular formula is C35H39NO4. The first-order valence-electron chi connectivity index (χ1n) is 13.8. The van der Waals surface area contributed by atoms with Crippen molar-refractivity contribution in [1.29, 1.82) is 0 Å². The molecule has 0 N–H and O–H groups in total. The lowest BCUT2D eigenvalue weighted by atomic mass is 9.64. The smallest absolute Gasteiger partial charge is 0.355 e. The van der Waals surface area contributed by atoms with Crippen molar-refractivity contribution < 1.29 is 19.1 Å². The molecule has 0 amide bonds. The topological polar surface area (TPSA) is 55.8 Å². The van der Waals surface area contributed by atoms with Gasteiger partial charge in [0.2, 0.25) is 0 Å². The maximum atomic E-state index is 13.8. The number of carbonyl (C=O) groups is 2. The fraction of sp³-hybridized carbons (Fsp3) is 0.314. The standard InChI is InChI=1S/C35H39NO4/c1-24(2)23-36-31(34(38)40-6)30(33(37)39-5)29(26-16-10-7-11-17-26)22-35(32(36)25(3)4,27-18-12-8-13-19-27)28-20-14-9-15-21-28/h7-22,24-25,32H,23H2,1-6H3. The lowest BCUT2D eigenvalue weighted by Crippen LogP contribution is -2.54. The molecule has 1 atom stereocenters. The van der Waals surface area contributed by atoms with Crippen molar-refractivity contribution in [1.82, 2.24) is 4.90 Å². The van der Waals surface area contributed by atoms with Crippen molar-refractivity contribution in [2.45, 2.75) is 39.2 Å². The lowest BCUT2D eigenvalue weighted by Gasteiger charge is -2.48. The van der Waals surface area contributed by atoms with E-state index in [1.54, 1.807) is 0 Å². The summed E-state index contributed by atoms with van der Waals surface area (Å²) in [7, 11) is 2.71. The first kappa shape index (κ1) is 28.9. The highest BCUT2D eigenvalue weighted by Crippen LogP contribution is 2.49. The molecule has 1 aliphatic heterocycles. The Hall–Kier alpha value is -4.12. The molecule has 208 valence electrons. The molecule has 3 aromatic carbocycles. The number of ether oxygens (including phenoxy) is 2. The lowest BCUT2D eigenvalue weighted by molar-refractivity contribution is -0.141. The SMILES string of the molecule is COC(=O)C1=C(C(=O)OC)N(CC(C)C)C(C(C)C)C(c2ccccc2)(c2ccccc2)C=C1c1ccccc1. The van der Waals surface area contributed by atoms with E-state index in [0.717, 1.165) is 16.7 Å². The Bertz CT molecular complexity index is 1340. The van der Waals surface area contributed by atoms with Gasteiger partial charge in [-0.3, -0.25) is 0 Å². The molecule has 0 radical (unpaired) electrons. The van der Waals surface area contributed by atoms with E-state index in [1.165, 1.54) is 14.2 Å². The predicted molar refractivity (Wildman–Crippen MR) is 159 cm³/mol. The number of hydrogen-bond donors (Lipinski definition) is 0. The van der Waals surface area contributed by atoms with E-state index < -0.39 is 17.4 Å². The van der Waals surface area contributed by atoms with Gasteiger partial charge < -0.3 is 14.4 Å². The Morgan fingerprint density at radius 3 is 1.65 bits per heavy atom. The van der Waals surface area contributed by atoms with Crippen LogP contribution in [0.15, 0.2) is 108 Å². The number of methoxy groups -OCH3 is 2. The Morgan fingerprint density at radius 1 is 0.750 bits per heavy atom. The van der Waals surface area contributed by atoms with E-state index >= 15 is 0 Å². The van der Waals surface area contributed by atoms with Crippen molar-refractivity contribution in [2.24, 2.45) is 11.8 Å². The summed E-state index contributed by atoms with van der Waals surface area (Å²) in [5.74, 6) is -0.902. The number of nitrogens with zero attached hydrogens (tertiary/aromatic N) is 1. The monoisotopic (exact) mass is 537 g/mol. The van der Waals surface area contributed by atoms with Crippen molar-refractivity contribution in [2.75, 3.05) is 20.8 Å². The normalized spacial score (nSPS) is 16.9. The van der Waals surface area contributed by atoms with Crippen LogP contribution in [0.25, 0.3) is 5.57 Å². The van der Waals surface area contributed by atoms with E-state index in [9.17, 15) is 9.59 Å². The highest BCUT2D eigenvalue weighted by molar-refractivity contribution is 6.13. The molecule has 4 rings (SSSR count). The van der Waals surface area contributed by atoms with Crippen LogP contribution in [-0.2, 0) is 24.5 Å². The molecule has 0 aliphatic carbocycles. The molecule has 1 heterocycles. The molecule has 40 heavy (non-hydrogen) atoms. The molecular weight excluding hydrogens is 498 g/mol. The number of esters is 2. The van der Waals surface area contributed by atoms with Crippen LogP contribution in [0.3, 0.4) is 0 Å². The minimum absolute atomic E-state index is 0.0593. The molecule has 0 saturated carbocycles. The molecule has 1 aliphatic rings. The second-order valence-electron chi connectivity index (χ2n) is 11.0. The zero-order chi connectivity index (χ0) is 28.9. The summed E-state index contributed by atoms with van der Waals surface area (Å²) in [5.41, 5.74) is 3.28.